The molecule has 1 heterocycles. The molecule has 0 unspecified atom stereocenters. The van der Waals surface area contributed by atoms with Crippen LogP contribution in [0.3, 0.4) is 0 Å². The molecule has 1 rings (SSSR count). The first-order valence-corrected chi connectivity index (χ1v) is 5.91. The highest BCUT2D eigenvalue weighted by atomic mass is 16.6. The molecule has 5 heteroatoms. The van der Waals surface area contributed by atoms with E-state index >= 15 is 0 Å². The molecule has 1 saturated heterocycles. The van der Waals surface area contributed by atoms with E-state index in [1.165, 1.54) is 0 Å². The van der Waals surface area contributed by atoms with E-state index in [0.717, 1.165) is 25.9 Å². The smallest absolute Gasteiger partial charge is 0.407 e. The van der Waals surface area contributed by atoms with Gasteiger partial charge >= 0.3 is 6.09 Å². The van der Waals surface area contributed by atoms with Crippen molar-refractivity contribution in [2.24, 2.45) is 0 Å². The van der Waals surface area contributed by atoms with E-state index in [1.807, 2.05) is 0 Å². The van der Waals surface area contributed by atoms with E-state index in [0.29, 0.717) is 6.04 Å². The van der Waals surface area contributed by atoms with Crippen LogP contribution in [0.25, 0.3) is 0 Å². The SMILES string of the molecule is CC(C)N1CCC(NC(=O)OCCO)CC1. The molecule has 2 N–H and O–H groups in total. The summed E-state index contributed by atoms with van der Waals surface area (Å²) in [6, 6.07) is 0.781. The van der Waals surface area contributed by atoms with Gasteiger partial charge in [-0.15, -0.1) is 0 Å². The number of nitrogens with zero attached hydrogens (tertiary/aromatic N) is 1. The maximum atomic E-state index is 11.2. The largest absolute Gasteiger partial charge is 0.447 e. The van der Waals surface area contributed by atoms with Crippen LogP contribution in [-0.4, -0.2) is 54.5 Å². The van der Waals surface area contributed by atoms with E-state index < -0.39 is 6.09 Å². The lowest BCUT2D eigenvalue weighted by Crippen LogP contribution is -2.46. The van der Waals surface area contributed by atoms with Gasteiger partial charge in [-0.2, -0.15) is 0 Å². The third-order valence-corrected chi connectivity index (χ3v) is 2.91. The van der Waals surface area contributed by atoms with E-state index in [-0.39, 0.29) is 19.3 Å². The van der Waals surface area contributed by atoms with Gasteiger partial charge in [0.15, 0.2) is 0 Å². The molecule has 0 aromatic rings. The number of amides is 1. The molecule has 16 heavy (non-hydrogen) atoms. The monoisotopic (exact) mass is 230 g/mol. The van der Waals surface area contributed by atoms with Crippen LogP contribution in [0.1, 0.15) is 26.7 Å². The van der Waals surface area contributed by atoms with E-state index in [9.17, 15) is 4.79 Å². The second-order valence-electron chi connectivity index (χ2n) is 4.41. The molecule has 1 fully saturated rings. The Morgan fingerprint density at radius 3 is 2.62 bits per heavy atom. The minimum absolute atomic E-state index is 0.0661. The molecule has 0 saturated carbocycles. The number of aliphatic hydroxyl groups excluding tert-OH is 1. The summed E-state index contributed by atoms with van der Waals surface area (Å²) in [5.74, 6) is 0. The van der Waals surface area contributed by atoms with E-state index in [2.05, 4.69) is 24.1 Å². The number of hydrogen-bond donors (Lipinski definition) is 2. The van der Waals surface area contributed by atoms with Crippen LogP contribution in [0, 0.1) is 0 Å². The fourth-order valence-electron chi connectivity index (χ4n) is 1.91. The summed E-state index contributed by atoms with van der Waals surface area (Å²) in [5.41, 5.74) is 0. The van der Waals surface area contributed by atoms with Crippen molar-refractivity contribution in [3.05, 3.63) is 0 Å². The molecular formula is C11H22N2O3. The second-order valence-corrected chi connectivity index (χ2v) is 4.41. The van der Waals surface area contributed by atoms with Crippen molar-refractivity contribution >= 4 is 6.09 Å². The van der Waals surface area contributed by atoms with Crippen LogP contribution in [0.5, 0.6) is 0 Å². The van der Waals surface area contributed by atoms with Gasteiger partial charge in [-0.3, -0.25) is 0 Å². The predicted molar refractivity (Wildman–Crippen MR) is 61.3 cm³/mol. The summed E-state index contributed by atoms with van der Waals surface area (Å²) < 4.78 is 4.75. The zero-order valence-corrected chi connectivity index (χ0v) is 10.1. The Morgan fingerprint density at radius 1 is 1.50 bits per heavy atom. The first kappa shape index (κ1) is 13.3. The molecule has 1 aliphatic rings. The Bertz CT molecular complexity index is 213. The fourth-order valence-corrected chi connectivity index (χ4v) is 1.91. The summed E-state index contributed by atoms with van der Waals surface area (Å²) in [6.07, 6.45) is 1.51. The number of likely N-dealkylation sites (tertiary alicyclic amines) is 1. The van der Waals surface area contributed by atoms with Gasteiger partial charge in [-0.05, 0) is 26.7 Å². The number of aliphatic hydroxyl groups is 1. The Morgan fingerprint density at radius 2 is 2.12 bits per heavy atom. The maximum Gasteiger partial charge on any atom is 0.407 e. The number of carbonyl (C=O) groups is 1. The summed E-state index contributed by atoms with van der Waals surface area (Å²) in [7, 11) is 0. The molecule has 0 atom stereocenters. The molecular weight excluding hydrogens is 208 g/mol. The lowest BCUT2D eigenvalue weighted by atomic mass is 10.0. The van der Waals surface area contributed by atoms with Crippen LogP contribution in [0.2, 0.25) is 0 Å². The molecule has 0 bridgehead atoms. The van der Waals surface area contributed by atoms with Crippen LogP contribution in [0.4, 0.5) is 4.79 Å². The topological polar surface area (TPSA) is 61.8 Å². The number of hydrogen-bond acceptors (Lipinski definition) is 4. The van der Waals surface area contributed by atoms with Gasteiger partial charge in [0.25, 0.3) is 0 Å². The zero-order chi connectivity index (χ0) is 12.0. The highest BCUT2D eigenvalue weighted by Crippen LogP contribution is 2.12. The molecule has 0 aromatic carbocycles. The Hall–Kier alpha value is -0.810. The highest BCUT2D eigenvalue weighted by molar-refractivity contribution is 5.67. The first-order chi connectivity index (χ1) is 7.63. The molecule has 0 aromatic heterocycles. The molecule has 94 valence electrons. The maximum absolute atomic E-state index is 11.2. The summed E-state index contributed by atoms with van der Waals surface area (Å²) in [6.45, 7) is 6.34. The Balaban J connectivity index is 2.19. The van der Waals surface area contributed by atoms with E-state index in [4.69, 9.17) is 9.84 Å². The van der Waals surface area contributed by atoms with Gasteiger partial charge in [-0.1, -0.05) is 0 Å². The van der Waals surface area contributed by atoms with Crippen molar-refractivity contribution in [3.63, 3.8) is 0 Å². The van der Waals surface area contributed by atoms with Crippen molar-refractivity contribution in [2.75, 3.05) is 26.3 Å². The number of alkyl carbamates (subject to hydrolysis) is 1. The number of carbonyl (C=O) groups excluding carboxylic acids is 1. The van der Waals surface area contributed by atoms with Gasteiger partial charge in [0.05, 0.1) is 6.61 Å². The Kier molecular flexibility index (Phi) is 5.55. The quantitative estimate of drug-likeness (QED) is 0.741. The number of nitrogens with one attached hydrogen (secondary N) is 1. The molecule has 0 spiro atoms. The van der Waals surface area contributed by atoms with Gasteiger partial charge in [0, 0.05) is 25.2 Å². The van der Waals surface area contributed by atoms with Crippen molar-refractivity contribution in [2.45, 2.75) is 38.8 Å². The second kappa shape index (κ2) is 6.70. The standard InChI is InChI=1S/C11H22N2O3/c1-9(2)13-5-3-10(4-6-13)12-11(15)16-8-7-14/h9-10,14H,3-8H2,1-2H3,(H,12,15). The molecule has 5 nitrogen and oxygen atoms in total. The first-order valence-electron chi connectivity index (χ1n) is 5.91. The minimum Gasteiger partial charge on any atom is -0.447 e. The Labute approximate surface area is 96.8 Å². The van der Waals surface area contributed by atoms with Gasteiger partial charge in [0.1, 0.15) is 6.61 Å². The predicted octanol–water partition coefficient (Wildman–Crippen LogP) is 0.578. The van der Waals surface area contributed by atoms with E-state index in [1.54, 1.807) is 0 Å². The summed E-state index contributed by atoms with van der Waals surface area (Å²) >= 11 is 0. The fraction of sp³-hybridized carbons (Fsp3) is 0.909. The van der Waals surface area contributed by atoms with Crippen LogP contribution in [0.15, 0.2) is 0 Å². The minimum atomic E-state index is -0.419. The number of ether oxygens (including phenoxy) is 1. The van der Waals surface area contributed by atoms with Crippen molar-refractivity contribution < 1.29 is 14.6 Å². The van der Waals surface area contributed by atoms with Crippen molar-refractivity contribution in [1.82, 2.24) is 10.2 Å². The lowest BCUT2D eigenvalue weighted by molar-refractivity contribution is 0.107. The summed E-state index contributed by atoms with van der Waals surface area (Å²) in [4.78, 5) is 13.6. The average Bonchev–Trinajstić information content (AvgIpc) is 2.27. The van der Waals surface area contributed by atoms with Crippen LogP contribution >= 0.6 is 0 Å². The molecule has 0 radical (unpaired) electrons. The van der Waals surface area contributed by atoms with Gasteiger partial charge < -0.3 is 20.1 Å². The lowest BCUT2D eigenvalue weighted by Gasteiger charge is -2.34. The van der Waals surface area contributed by atoms with Gasteiger partial charge in [-0.25, -0.2) is 4.79 Å². The van der Waals surface area contributed by atoms with Crippen molar-refractivity contribution in [1.29, 1.82) is 0 Å². The molecule has 1 aliphatic heterocycles. The number of rotatable bonds is 4. The zero-order valence-electron chi connectivity index (χ0n) is 10.1. The molecule has 1 amide bonds. The summed E-state index contributed by atoms with van der Waals surface area (Å²) in [5, 5.41) is 11.3. The third kappa shape index (κ3) is 4.37. The molecule has 0 aliphatic carbocycles. The van der Waals surface area contributed by atoms with Crippen molar-refractivity contribution in [3.8, 4) is 0 Å². The normalized spacial score (nSPS) is 18.8. The van der Waals surface area contributed by atoms with Crippen LogP contribution in [-0.2, 0) is 4.74 Å². The van der Waals surface area contributed by atoms with Gasteiger partial charge in [0.2, 0.25) is 0 Å². The average molecular weight is 230 g/mol. The highest BCUT2D eigenvalue weighted by Gasteiger charge is 2.22. The number of piperidine rings is 1. The van der Waals surface area contributed by atoms with Crippen LogP contribution < -0.4 is 5.32 Å². The third-order valence-electron chi connectivity index (χ3n) is 2.91.